The molecule has 0 unspecified atom stereocenters. The van der Waals surface area contributed by atoms with Crippen molar-refractivity contribution in [2.75, 3.05) is 10.2 Å². The molecule has 6 nitrogen and oxygen atoms in total. The summed E-state index contributed by atoms with van der Waals surface area (Å²) in [6.07, 6.45) is -0.0610. The van der Waals surface area contributed by atoms with Crippen LogP contribution in [0.3, 0.4) is 0 Å². The van der Waals surface area contributed by atoms with E-state index >= 15 is 0 Å². The number of carbonyl (C=O) groups is 3. The highest BCUT2D eigenvalue weighted by Gasteiger charge is 2.40. The van der Waals surface area contributed by atoms with E-state index in [1.54, 1.807) is 25.1 Å². The summed E-state index contributed by atoms with van der Waals surface area (Å²) in [5, 5.41) is 12.9. The molecule has 0 aromatic heterocycles. The number of aryl methyl sites for hydroxylation is 1. The molecule has 0 aliphatic carbocycles. The van der Waals surface area contributed by atoms with Gasteiger partial charge in [0.15, 0.2) is 0 Å². The van der Waals surface area contributed by atoms with E-state index < -0.39 is 23.8 Å². The average Bonchev–Trinajstić information content (AvgIpc) is 2.84. The molecule has 1 atom stereocenters. The van der Waals surface area contributed by atoms with Gasteiger partial charge in [0.1, 0.15) is 6.04 Å². The number of carboxylic acid groups (broad SMARTS) is 1. The van der Waals surface area contributed by atoms with E-state index in [0.29, 0.717) is 21.3 Å². The molecule has 1 aliphatic heterocycles. The molecule has 0 radical (unpaired) electrons. The summed E-state index contributed by atoms with van der Waals surface area (Å²) in [5.41, 5.74) is 1.39. The zero-order chi connectivity index (χ0) is 19.0. The van der Waals surface area contributed by atoms with E-state index in [1.807, 2.05) is 0 Å². The predicted octanol–water partition coefficient (Wildman–Crippen LogP) is 3.74. The van der Waals surface area contributed by atoms with Gasteiger partial charge in [-0.25, -0.2) is 9.69 Å². The van der Waals surface area contributed by atoms with Crippen LogP contribution in [0.1, 0.15) is 22.3 Å². The maximum absolute atomic E-state index is 12.8. The fourth-order valence-electron chi connectivity index (χ4n) is 2.78. The zero-order valence-electron chi connectivity index (χ0n) is 13.6. The van der Waals surface area contributed by atoms with Gasteiger partial charge in [0.25, 0.3) is 5.91 Å². The number of nitrogens with one attached hydrogen (secondary N) is 1. The maximum Gasteiger partial charge on any atom is 0.335 e. The van der Waals surface area contributed by atoms with Gasteiger partial charge in [0.2, 0.25) is 5.91 Å². The Hall–Kier alpha value is -2.57. The minimum atomic E-state index is -1.13. The predicted molar refractivity (Wildman–Crippen MR) is 99.1 cm³/mol. The summed E-state index contributed by atoms with van der Waals surface area (Å²) in [6.45, 7) is 1.71. The van der Waals surface area contributed by atoms with Crippen molar-refractivity contribution in [3.63, 3.8) is 0 Å². The Morgan fingerprint density at radius 2 is 1.92 bits per heavy atom. The lowest BCUT2D eigenvalue weighted by molar-refractivity contribution is -0.121. The molecule has 3 rings (SSSR count). The van der Waals surface area contributed by atoms with Crippen molar-refractivity contribution in [3.8, 4) is 0 Å². The normalized spacial score (nSPS) is 16.9. The Balaban J connectivity index is 1.90. The number of rotatable bonds is 4. The minimum absolute atomic E-state index is 0.00311. The number of benzene rings is 2. The van der Waals surface area contributed by atoms with E-state index in [1.165, 1.54) is 18.2 Å². The molecule has 1 fully saturated rings. The number of carboxylic acids is 1. The molecule has 2 N–H and O–H groups in total. The molecule has 0 saturated carbocycles. The largest absolute Gasteiger partial charge is 0.478 e. The van der Waals surface area contributed by atoms with Crippen molar-refractivity contribution in [1.29, 1.82) is 0 Å². The zero-order valence-corrected chi connectivity index (χ0v) is 15.1. The number of hydrogen-bond donors (Lipinski definition) is 2. The van der Waals surface area contributed by atoms with Gasteiger partial charge in [-0.1, -0.05) is 29.3 Å². The molecule has 0 bridgehead atoms. The number of aromatic carboxylic acids is 1. The number of anilines is 2. The molecular weight excluding hydrogens is 379 g/mol. The molecule has 2 amide bonds. The number of halogens is 2. The lowest BCUT2D eigenvalue weighted by Crippen LogP contribution is -2.35. The molecule has 8 heteroatoms. The standard InChI is InChI=1S/C18H14Cl2N2O4/c1-9-2-3-10(18(25)26)6-15(9)22-16(23)8-14(17(22)24)21-13-5-4-11(19)7-12(13)20/h2-7,14,21H,8H2,1H3,(H,25,26)/t14-/m1/s1. The molecule has 1 aliphatic rings. The monoisotopic (exact) mass is 392 g/mol. The topological polar surface area (TPSA) is 86.7 Å². The van der Waals surface area contributed by atoms with E-state index in [-0.39, 0.29) is 17.7 Å². The van der Waals surface area contributed by atoms with Gasteiger partial charge in [-0.2, -0.15) is 0 Å². The Kier molecular flexibility index (Phi) is 4.89. The summed E-state index contributed by atoms with van der Waals surface area (Å²) in [6, 6.07) is 8.30. The van der Waals surface area contributed by atoms with Crippen molar-refractivity contribution < 1.29 is 19.5 Å². The van der Waals surface area contributed by atoms with Crippen molar-refractivity contribution >= 4 is 52.4 Å². The first kappa shape index (κ1) is 18.2. The van der Waals surface area contributed by atoms with E-state index in [4.69, 9.17) is 28.3 Å². The van der Waals surface area contributed by atoms with Crippen LogP contribution in [-0.2, 0) is 9.59 Å². The van der Waals surface area contributed by atoms with Crippen LogP contribution in [0.25, 0.3) is 0 Å². The molecule has 1 heterocycles. The van der Waals surface area contributed by atoms with Gasteiger partial charge in [0, 0.05) is 5.02 Å². The molecule has 134 valence electrons. The molecule has 2 aromatic carbocycles. The van der Waals surface area contributed by atoms with E-state index in [0.717, 1.165) is 4.90 Å². The lowest BCUT2D eigenvalue weighted by Gasteiger charge is -2.19. The fraction of sp³-hybridized carbons (Fsp3) is 0.167. The van der Waals surface area contributed by atoms with Crippen molar-refractivity contribution in [3.05, 3.63) is 57.6 Å². The van der Waals surface area contributed by atoms with E-state index in [2.05, 4.69) is 5.32 Å². The lowest BCUT2D eigenvalue weighted by atomic mass is 10.1. The second kappa shape index (κ2) is 6.97. The number of imide groups is 1. The van der Waals surface area contributed by atoms with Crippen molar-refractivity contribution in [1.82, 2.24) is 0 Å². The van der Waals surface area contributed by atoms with Crippen LogP contribution in [-0.4, -0.2) is 28.9 Å². The number of nitrogens with zero attached hydrogens (tertiary/aromatic N) is 1. The van der Waals surface area contributed by atoms with Crippen LogP contribution in [0, 0.1) is 6.92 Å². The SMILES string of the molecule is Cc1ccc(C(=O)O)cc1N1C(=O)C[C@@H](Nc2ccc(Cl)cc2Cl)C1=O. The average molecular weight is 393 g/mol. The molecule has 1 saturated heterocycles. The summed E-state index contributed by atoms with van der Waals surface area (Å²) >= 11 is 12.0. The quantitative estimate of drug-likeness (QED) is 0.773. The third-order valence-corrected chi connectivity index (χ3v) is 4.65. The first-order valence-corrected chi connectivity index (χ1v) is 8.46. The first-order valence-electron chi connectivity index (χ1n) is 7.70. The van der Waals surface area contributed by atoms with Crippen molar-refractivity contribution in [2.24, 2.45) is 0 Å². The first-order chi connectivity index (χ1) is 12.3. The highest BCUT2D eigenvalue weighted by molar-refractivity contribution is 6.36. The second-order valence-corrected chi connectivity index (χ2v) is 6.74. The van der Waals surface area contributed by atoms with Gasteiger partial charge in [0.05, 0.1) is 28.4 Å². The second-order valence-electron chi connectivity index (χ2n) is 5.90. The van der Waals surface area contributed by atoms with Gasteiger partial charge >= 0.3 is 5.97 Å². The van der Waals surface area contributed by atoms with Crippen LogP contribution in [0.5, 0.6) is 0 Å². The maximum atomic E-state index is 12.8. The number of amides is 2. The van der Waals surface area contributed by atoms with E-state index in [9.17, 15) is 14.4 Å². The van der Waals surface area contributed by atoms with Crippen LogP contribution in [0.2, 0.25) is 10.0 Å². The van der Waals surface area contributed by atoms with Crippen LogP contribution < -0.4 is 10.2 Å². The number of carbonyl (C=O) groups excluding carboxylic acids is 2. The molecular formula is C18H14Cl2N2O4. The minimum Gasteiger partial charge on any atom is -0.478 e. The van der Waals surface area contributed by atoms with Crippen molar-refractivity contribution in [2.45, 2.75) is 19.4 Å². The summed E-state index contributed by atoms with van der Waals surface area (Å²) in [5.74, 6) is -2.01. The van der Waals surface area contributed by atoms with Crippen LogP contribution in [0.15, 0.2) is 36.4 Å². The highest BCUT2D eigenvalue weighted by Crippen LogP contribution is 2.31. The Labute approximate surface area is 159 Å². The Bertz CT molecular complexity index is 929. The van der Waals surface area contributed by atoms with Gasteiger partial charge in [-0.05, 0) is 42.8 Å². The molecule has 0 spiro atoms. The summed E-state index contributed by atoms with van der Waals surface area (Å²) in [7, 11) is 0. The van der Waals surface area contributed by atoms with Gasteiger partial charge in [-0.15, -0.1) is 0 Å². The van der Waals surface area contributed by atoms with Gasteiger partial charge < -0.3 is 10.4 Å². The Morgan fingerprint density at radius 1 is 1.19 bits per heavy atom. The smallest absolute Gasteiger partial charge is 0.335 e. The van der Waals surface area contributed by atoms with Crippen LogP contribution in [0.4, 0.5) is 11.4 Å². The Morgan fingerprint density at radius 3 is 2.58 bits per heavy atom. The summed E-state index contributed by atoms with van der Waals surface area (Å²) in [4.78, 5) is 37.4. The molecule has 26 heavy (non-hydrogen) atoms. The highest BCUT2D eigenvalue weighted by atomic mass is 35.5. The van der Waals surface area contributed by atoms with Crippen LogP contribution >= 0.6 is 23.2 Å². The number of hydrogen-bond acceptors (Lipinski definition) is 4. The summed E-state index contributed by atoms with van der Waals surface area (Å²) < 4.78 is 0. The fourth-order valence-corrected chi connectivity index (χ4v) is 3.24. The third kappa shape index (κ3) is 3.38. The third-order valence-electron chi connectivity index (χ3n) is 4.10. The van der Waals surface area contributed by atoms with Gasteiger partial charge in [-0.3, -0.25) is 9.59 Å². The molecule has 2 aromatic rings.